The summed E-state index contributed by atoms with van der Waals surface area (Å²) in [7, 11) is 1.47. The van der Waals surface area contributed by atoms with Crippen molar-refractivity contribution in [2.45, 2.75) is 25.3 Å². The second-order valence-corrected chi connectivity index (χ2v) is 4.30. The molecule has 0 aliphatic carbocycles. The van der Waals surface area contributed by atoms with Gasteiger partial charge in [-0.05, 0) is 38.4 Å². The zero-order valence-electron chi connectivity index (χ0n) is 9.44. The molecule has 0 aromatic heterocycles. The summed E-state index contributed by atoms with van der Waals surface area (Å²) >= 11 is 0. The van der Waals surface area contributed by atoms with Crippen LogP contribution >= 0.6 is 0 Å². The molecule has 0 amide bonds. The SMILES string of the molecule is COc1ccc(F)c(F)c1C1(C)CCCN1. The van der Waals surface area contributed by atoms with Crippen LogP contribution in [0.1, 0.15) is 25.3 Å². The molecular formula is C12H15F2NO. The molecule has 1 unspecified atom stereocenters. The highest BCUT2D eigenvalue weighted by Crippen LogP contribution is 2.38. The molecule has 1 heterocycles. The van der Waals surface area contributed by atoms with Crippen LogP contribution in [0, 0.1) is 11.6 Å². The molecule has 0 spiro atoms. The molecule has 1 N–H and O–H groups in total. The number of benzene rings is 1. The van der Waals surface area contributed by atoms with E-state index in [1.807, 2.05) is 6.92 Å². The first-order valence-corrected chi connectivity index (χ1v) is 5.36. The molecule has 4 heteroatoms. The molecule has 1 aliphatic rings. The molecule has 0 radical (unpaired) electrons. The summed E-state index contributed by atoms with van der Waals surface area (Å²) < 4.78 is 32.2. The summed E-state index contributed by atoms with van der Waals surface area (Å²) in [4.78, 5) is 0. The minimum absolute atomic E-state index is 0.299. The molecule has 1 fully saturated rings. The largest absolute Gasteiger partial charge is 0.496 e. The number of hydrogen-bond acceptors (Lipinski definition) is 2. The fraction of sp³-hybridized carbons (Fsp3) is 0.500. The van der Waals surface area contributed by atoms with Crippen LogP contribution in [0.5, 0.6) is 5.75 Å². The molecule has 0 bridgehead atoms. The highest BCUT2D eigenvalue weighted by Gasteiger charge is 2.36. The molecule has 0 saturated carbocycles. The predicted molar refractivity (Wildman–Crippen MR) is 57.5 cm³/mol. The van der Waals surface area contributed by atoms with E-state index in [2.05, 4.69) is 5.32 Å². The van der Waals surface area contributed by atoms with Crippen molar-refractivity contribution in [2.24, 2.45) is 0 Å². The van der Waals surface area contributed by atoms with Gasteiger partial charge in [-0.1, -0.05) is 0 Å². The Morgan fingerprint density at radius 1 is 1.38 bits per heavy atom. The van der Waals surface area contributed by atoms with Gasteiger partial charge in [0.15, 0.2) is 11.6 Å². The monoisotopic (exact) mass is 227 g/mol. The standard InChI is InChI=1S/C12H15F2NO/c1-12(6-3-7-15-12)10-9(16-2)5-4-8(13)11(10)14/h4-5,15H,3,6-7H2,1-2H3. The van der Waals surface area contributed by atoms with Gasteiger partial charge in [0.1, 0.15) is 5.75 Å². The molecule has 1 aromatic rings. The van der Waals surface area contributed by atoms with E-state index in [0.717, 1.165) is 25.5 Å². The van der Waals surface area contributed by atoms with Crippen LogP contribution in [0.2, 0.25) is 0 Å². The van der Waals surface area contributed by atoms with Crippen molar-refractivity contribution in [2.75, 3.05) is 13.7 Å². The zero-order chi connectivity index (χ0) is 11.8. The second kappa shape index (κ2) is 4.01. The van der Waals surface area contributed by atoms with E-state index in [4.69, 9.17) is 4.74 Å². The van der Waals surface area contributed by atoms with Crippen LogP contribution in [0.25, 0.3) is 0 Å². The van der Waals surface area contributed by atoms with Gasteiger partial charge >= 0.3 is 0 Å². The lowest BCUT2D eigenvalue weighted by molar-refractivity contribution is 0.347. The maximum Gasteiger partial charge on any atom is 0.167 e. The first kappa shape index (κ1) is 11.3. The smallest absolute Gasteiger partial charge is 0.167 e. The zero-order valence-corrected chi connectivity index (χ0v) is 9.44. The van der Waals surface area contributed by atoms with Crippen molar-refractivity contribution >= 4 is 0 Å². The van der Waals surface area contributed by atoms with E-state index < -0.39 is 17.2 Å². The van der Waals surface area contributed by atoms with E-state index in [-0.39, 0.29) is 0 Å². The molecule has 2 nitrogen and oxygen atoms in total. The molecule has 1 saturated heterocycles. The van der Waals surface area contributed by atoms with E-state index in [1.54, 1.807) is 0 Å². The third-order valence-electron chi connectivity index (χ3n) is 3.20. The van der Waals surface area contributed by atoms with Crippen LogP contribution in [-0.2, 0) is 5.54 Å². The Morgan fingerprint density at radius 3 is 2.69 bits per heavy atom. The van der Waals surface area contributed by atoms with Gasteiger partial charge < -0.3 is 10.1 Å². The maximum atomic E-state index is 13.9. The number of hydrogen-bond donors (Lipinski definition) is 1. The fourth-order valence-electron chi connectivity index (χ4n) is 2.33. The molecule has 1 atom stereocenters. The van der Waals surface area contributed by atoms with Gasteiger partial charge in [-0.25, -0.2) is 8.78 Å². The lowest BCUT2D eigenvalue weighted by Crippen LogP contribution is -2.34. The van der Waals surface area contributed by atoms with Crippen molar-refractivity contribution in [1.29, 1.82) is 0 Å². The average Bonchev–Trinajstić information content (AvgIpc) is 2.69. The molecular weight excluding hydrogens is 212 g/mol. The van der Waals surface area contributed by atoms with Gasteiger partial charge in [-0.2, -0.15) is 0 Å². The summed E-state index contributed by atoms with van der Waals surface area (Å²) in [6.07, 6.45) is 1.74. The summed E-state index contributed by atoms with van der Waals surface area (Å²) in [5, 5.41) is 3.21. The van der Waals surface area contributed by atoms with Crippen LogP contribution in [-0.4, -0.2) is 13.7 Å². The quantitative estimate of drug-likeness (QED) is 0.838. The Labute approximate surface area is 93.6 Å². The highest BCUT2D eigenvalue weighted by atomic mass is 19.2. The minimum atomic E-state index is -0.828. The predicted octanol–water partition coefficient (Wildman–Crippen LogP) is 2.57. The van der Waals surface area contributed by atoms with Crippen LogP contribution < -0.4 is 10.1 Å². The van der Waals surface area contributed by atoms with E-state index >= 15 is 0 Å². The van der Waals surface area contributed by atoms with Crippen molar-refractivity contribution in [3.63, 3.8) is 0 Å². The number of halogens is 2. The Balaban J connectivity index is 2.56. The minimum Gasteiger partial charge on any atom is -0.496 e. The Bertz CT molecular complexity index is 400. The lowest BCUT2D eigenvalue weighted by atomic mass is 9.89. The number of rotatable bonds is 2. The topological polar surface area (TPSA) is 21.3 Å². The molecule has 88 valence electrons. The van der Waals surface area contributed by atoms with Gasteiger partial charge in [-0.15, -0.1) is 0 Å². The van der Waals surface area contributed by atoms with Crippen molar-refractivity contribution in [3.05, 3.63) is 29.3 Å². The van der Waals surface area contributed by atoms with E-state index in [1.165, 1.54) is 13.2 Å². The average molecular weight is 227 g/mol. The van der Waals surface area contributed by atoms with Crippen LogP contribution in [0.3, 0.4) is 0 Å². The van der Waals surface area contributed by atoms with Crippen molar-refractivity contribution in [1.82, 2.24) is 5.32 Å². The van der Waals surface area contributed by atoms with E-state index in [9.17, 15) is 8.78 Å². The summed E-state index contributed by atoms with van der Waals surface area (Å²) in [5.41, 5.74) is -0.232. The molecule has 1 aliphatic heterocycles. The lowest BCUT2D eigenvalue weighted by Gasteiger charge is -2.27. The Morgan fingerprint density at radius 2 is 2.12 bits per heavy atom. The van der Waals surface area contributed by atoms with Crippen LogP contribution in [0.15, 0.2) is 12.1 Å². The highest BCUT2D eigenvalue weighted by molar-refractivity contribution is 5.41. The van der Waals surface area contributed by atoms with Gasteiger partial charge in [0.25, 0.3) is 0 Å². The van der Waals surface area contributed by atoms with E-state index in [0.29, 0.717) is 11.3 Å². The van der Waals surface area contributed by atoms with Crippen molar-refractivity contribution < 1.29 is 13.5 Å². The number of methoxy groups -OCH3 is 1. The Hall–Kier alpha value is -1.16. The normalized spacial score (nSPS) is 24.8. The van der Waals surface area contributed by atoms with Gasteiger partial charge in [-0.3, -0.25) is 0 Å². The van der Waals surface area contributed by atoms with Gasteiger partial charge in [0, 0.05) is 5.54 Å². The molecule has 1 aromatic carbocycles. The third-order valence-corrected chi connectivity index (χ3v) is 3.20. The van der Waals surface area contributed by atoms with Crippen LogP contribution in [0.4, 0.5) is 8.78 Å². The fourth-order valence-corrected chi connectivity index (χ4v) is 2.33. The maximum absolute atomic E-state index is 13.9. The van der Waals surface area contributed by atoms with Crippen molar-refractivity contribution in [3.8, 4) is 5.75 Å². The summed E-state index contributed by atoms with van der Waals surface area (Å²) in [6.45, 7) is 2.69. The number of nitrogens with one attached hydrogen (secondary N) is 1. The third kappa shape index (κ3) is 1.67. The Kier molecular flexibility index (Phi) is 2.84. The summed E-state index contributed by atoms with van der Waals surface area (Å²) in [6, 6.07) is 2.56. The first-order chi connectivity index (χ1) is 7.58. The van der Waals surface area contributed by atoms with Gasteiger partial charge in [0.2, 0.25) is 0 Å². The van der Waals surface area contributed by atoms with Gasteiger partial charge in [0.05, 0.1) is 12.7 Å². The first-order valence-electron chi connectivity index (χ1n) is 5.36. The second-order valence-electron chi connectivity index (χ2n) is 4.30. The molecule has 16 heavy (non-hydrogen) atoms. The number of ether oxygens (including phenoxy) is 1. The summed E-state index contributed by atoms with van der Waals surface area (Å²) in [5.74, 6) is -1.24. The molecule has 2 rings (SSSR count).